The van der Waals surface area contributed by atoms with Crippen LogP contribution in [0.5, 0.6) is 11.5 Å². The van der Waals surface area contributed by atoms with Crippen LogP contribution in [0, 0.1) is 0 Å². The van der Waals surface area contributed by atoms with Crippen LogP contribution in [0.2, 0.25) is 0 Å². The third-order valence-corrected chi connectivity index (χ3v) is 4.71. The van der Waals surface area contributed by atoms with Gasteiger partial charge in [-0.2, -0.15) is 0 Å². The van der Waals surface area contributed by atoms with E-state index in [-0.39, 0.29) is 0 Å². The minimum atomic E-state index is 0.579. The molecule has 2 aliphatic heterocycles. The van der Waals surface area contributed by atoms with Crippen LogP contribution in [0.15, 0.2) is 42.6 Å². The van der Waals surface area contributed by atoms with Crippen molar-refractivity contribution in [2.45, 2.75) is 12.3 Å². The van der Waals surface area contributed by atoms with Gasteiger partial charge in [0.25, 0.3) is 0 Å². The van der Waals surface area contributed by atoms with Crippen LogP contribution in [0.3, 0.4) is 0 Å². The lowest BCUT2D eigenvalue weighted by molar-refractivity contribution is 0.171. The Labute approximate surface area is 142 Å². The lowest BCUT2D eigenvalue weighted by Gasteiger charge is -2.21. The van der Waals surface area contributed by atoms with Gasteiger partial charge in [0.05, 0.1) is 0 Å². The number of pyridine rings is 1. The van der Waals surface area contributed by atoms with Gasteiger partial charge >= 0.3 is 0 Å². The van der Waals surface area contributed by atoms with Crippen LogP contribution in [-0.4, -0.2) is 49.3 Å². The Bertz CT molecular complexity index is 678. The van der Waals surface area contributed by atoms with Crippen molar-refractivity contribution in [2.75, 3.05) is 44.7 Å². The van der Waals surface area contributed by atoms with E-state index in [9.17, 15) is 0 Å². The van der Waals surface area contributed by atoms with E-state index < -0.39 is 0 Å². The zero-order chi connectivity index (χ0) is 16.2. The van der Waals surface area contributed by atoms with E-state index in [1.807, 2.05) is 24.4 Å². The molecule has 0 amide bonds. The molecule has 0 radical (unpaired) electrons. The lowest BCUT2D eigenvalue weighted by atomic mass is 9.98. The van der Waals surface area contributed by atoms with Gasteiger partial charge in [-0.15, -0.1) is 0 Å². The molecule has 1 unspecified atom stereocenters. The highest BCUT2D eigenvalue weighted by molar-refractivity contribution is 5.45. The van der Waals surface area contributed by atoms with E-state index in [1.165, 1.54) is 12.0 Å². The average Bonchev–Trinajstić information content (AvgIpc) is 3.11. The van der Waals surface area contributed by atoms with E-state index in [0.717, 1.165) is 43.5 Å². The second-order valence-electron chi connectivity index (χ2n) is 6.33. The molecule has 1 fully saturated rings. The highest BCUT2D eigenvalue weighted by atomic mass is 16.6. The number of hydrogen-bond acceptors (Lipinski definition) is 5. The molecule has 2 aliphatic rings. The topological polar surface area (TPSA) is 46.6 Å². The van der Waals surface area contributed by atoms with Gasteiger partial charge in [0.15, 0.2) is 11.5 Å². The number of fused-ring (bicyclic) bond motifs is 1. The Hall–Kier alpha value is -2.27. The maximum Gasteiger partial charge on any atom is 0.161 e. The SMILES string of the molecule is c1ccc(NCCN2CCC(c3ccc4c(c3)OCCO4)C2)nc1. The predicted molar refractivity (Wildman–Crippen MR) is 94.0 cm³/mol. The van der Waals surface area contributed by atoms with Crippen molar-refractivity contribution in [3.8, 4) is 11.5 Å². The van der Waals surface area contributed by atoms with E-state index >= 15 is 0 Å². The van der Waals surface area contributed by atoms with Crippen molar-refractivity contribution < 1.29 is 9.47 Å². The minimum absolute atomic E-state index is 0.579. The first kappa shape index (κ1) is 15.3. The number of anilines is 1. The van der Waals surface area contributed by atoms with Gasteiger partial charge in [-0.3, -0.25) is 0 Å². The second-order valence-corrected chi connectivity index (χ2v) is 6.33. The number of hydrogen-bond donors (Lipinski definition) is 1. The highest BCUT2D eigenvalue weighted by Crippen LogP contribution is 2.35. The van der Waals surface area contributed by atoms with Gasteiger partial charge in [0.2, 0.25) is 0 Å². The number of rotatable bonds is 5. The molecule has 1 aromatic carbocycles. The molecule has 2 aromatic rings. The molecule has 5 heteroatoms. The minimum Gasteiger partial charge on any atom is -0.486 e. The summed E-state index contributed by atoms with van der Waals surface area (Å²) < 4.78 is 11.3. The summed E-state index contributed by atoms with van der Waals surface area (Å²) in [6, 6.07) is 12.3. The molecule has 4 rings (SSSR count). The molecule has 5 nitrogen and oxygen atoms in total. The molecule has 1 atom stereocenters. The summed E-state index contributed by atoms with van der Waals surface area (Å²) in [5, 5.41) is 3.38. The van der Waals surface area contributed by atoms with Gasteiger partial charge in [0, 0.05) is 25.8 Å². The largest absolute Gasteiger partial charge is 0.486 e. The summed E-state index contributed by atoms with van der Waals surface area (Å²) in [4.78, 5) is 6.80. The highest BCUT2D eigenvalue weighted by Gasteiger charge is 2.25. The Balaban J connectivity index is 1.30. The van der Waals surface area contributed by atoms with Crippen LogP contribution in [0.4, 0.5) is 5.82 Å². The first-order chi connectivity index (χ1) is 11.9. The second kappa shape index (κ2) is 7.09. The van der Waals surface area contributed by atoms with E-state index in [0.29, 0.717) is 19.1 Å². The van der Waals surface area contributed by atoms with Crippen LogP contribution in [0.1, 0.15) is 17.9 Å². The maximum absolute atomic E-state index is 5.71. The van der Waals surface area contributed by atoms with Crippen molar-refractivity contribution in [2.24, 2.45) is 0 Å². The zero-order valence-corrected chi connectivity index (χ0v) is 13.8. The fourth-order valence-electron chi connectivity index (χ4n) is 3.43. The predicted octanol–water partition coefficient (Wildman–Crippen LogP) is 2.75. The van der Waals surface area contributed by atoms with Crippen molar-refractivity contribution in [3.05, 3.63) is 48.2 Å². The van der Waals surface area contributed by atoms with Gasteiger partial charge in [-0.1, -0.05) is 12.1 Å². The zero-order valence-electron chi connectivity index (χ0n) is 13.8. The molecular weight excluding hydrogens is 302 g/mol. The van der Waals surface area contributed by atoms with Gasteiger partial charge in [0.1, 0.15) is 19.0 Å². The Kier molecular flexibility index (Phi) is 4.51. The lowest BCUT2D eigenvalue weighted by Crippen LogP contribution is -2.27. The van der Waals surface area contributed by atoms with E-state index in [1.54, 1.807) is 0 Å². The number of nitrogens with zero attached hydrogens (tertiary/aromatic N) is 2. The quantitative estimate of drug-likeness (QED) is 0.916. The van der Waals surface area contributed by atoms with Crippen LogP contribution >= 0.6 is 0 Å². The normalized spacial score (nSPS) is 20.1. The summed E-state index contributed by atoms with van der Waals surface area (Å²) in [6.45, 7) is 5.49. The molecule has 0 aliphatic carbocycles. The van der Waals surface area contributed by atoms with E-state index in [4.69, 9.17) is 9.47 Å². The summed E-state index contributed by atoms with van der Waals surface area (Å²) in [5.41, 5.74) is 1.36. The fraction of sp³-hybridized carbons (Fsp3) is 0.421. The molecule has 0 saturated carbocycles. The van der Waals surface area contributed by atoms with Gasteiger partial charge < -0.3 is 19.7 Å². The Morgan fingerprint density at radius 2 is 2.04 bits per heavy atom. The number of nitrogens with one attached hydrogen (secondary N) is 1. The monoisotopic (exact) mass is 325 g/mol. The smallest absolute Gasteiger partial charge is 0.161 e. The molecule has 3 heterocycles. The Morgan fingerprint density at radius 3 is 2.92 bits per heavy atom. The Morgan fingerprint density at radius 1 is 1.12 bits per heavy atom. The molecule has 1 N–H and O–H groups in total. The molecule has 1 saturated heterocycles. The number of aromatic nitrogens is 1. The standard InChI is InChI=1S/C19H23N3O2/c1-2-7-20-19(3-1)21-8-10-22-9-6-16(14-22)15-4-5-17-18(13-15)24-12-11-23-17/h1-5,7,13,16H,6,8-12,14H2,(H,20,21). The van der Waals surface area contributed by atoms with Crippen molar-refractivity contribution in [1.29, 1.82) is 0 Å². The first-order valence-corrected chi connectivity index (χ1v) is 8.65. The maximum atomic E-state index is 5.71. The molecule has 1 aromatic heterocycles. The van der Waals surface area contributed by atoms with Gasteiger partial charge in [-0.05, 0) is 48.7 Å². The molecule has 0 bridgehead atoms. The summed E-state index contributed by atoms with van der Waals surface area (Å²) in [6.07, 6.45) is 3.01. The van der Waals surface area contributed by atoms with E-state index in [2.05, 4.69) is 33.4 Å². The summed E-state index contributed by atoms with van der Waals surface area (Å²) in [5.74, 6) is 3.30. The van der Waals surface area contributed by atoms with Crippen molar-refractivity contribution in [1.82, 2.24) is 9.88 Å². The third-order valence-electron chi connectivity index (χ3n) is 4.71. The van der Waals surface area contributed by atoms with Gasteiger partial charge in [-0.25, -0.2) is 4.98 Å². The number of ether oxygens (including phenoxy) is 2. The first-order valence-electron chi connectivity index (χ1n) is 8.65. The average molecular weight is 325 g/mol. The molecule has 126 valence electrons. The van der Waals surface area contributed by atoms with Crippen LogP contribution in [0.25, 0.3) is 0 Å². The summed E-state index contributed by atoms with van der Waals surface area (Å²) >= 11 is 0. The molecule has 0 spiro atoms. The number of benzene rings is 1. The van der Waals surface area contributed by atoms with Crippen LogP contribution in [-0.2, 0) is 0 Å². The fourth-order valence-corrected chi connectivity index (χ4v) is 3.43. The van der Waals surface area contributed by atoms with Crippen molar-refractivity contribution >= 4 is 5.82 Å². The molecular formula is C19H23N3O2. The molecule has 24 heavy (non-hydrogen) atoms. The van der Waals surface area contributed by atoms with Crippen molar-refractivity contribution in [3.63, 3.8) is 0 Å². The number of likely N-dealkylation sites (tertiary alicyclic amines) is 1. The van der Waals surface area contributed by atoms with Crippen LogP contribution < -0.4 is 14.8 Å². The third kappa shape index (κ3) is 3.46. The summed E-state index contributed by atoms with van der Waals surface area (Å²) in [7, 11) is 0.